The van der Waals surface area contributed by atoms with Crippen LogP contribution in [0, 0.1) is 0 Å². The highest BCUT2D eigenvalue weighted by molar-refractivity contribution is 7.80. The zero-order valence-electron chi connectivity index (χ0n) is 13.4. The van der Waals surface area contributed by atoms with Gasteiger partial charge in [-0.1, -0.05) is 23.2 Å². The Balaban J connectivity index is 1.59. The van der Waals surface area contributed by atoms with Gasteiger partial charge in [-0.3, -0.25) is 9.36 Å². The second kappa shape index (κ2) is 7.86. The molecule has 0 atom stereocenters. The van der Waals surface area contributed by atoms with Gasteiger partial charge in [0.25, 0.3) is 0 Å². The molecule has 130 valence electrons. The van der Waals surface area contributed by atoms with Gasteiger partial charge in [0.1, 0.15) is 0 Å². The highest BCUT2D eigenvalue weighted by atomic mass is 35.5. The van der Waals surface area contributed by atoms with E-state index in [0.717, 1.165) is 17.8 Å². The molecule has 1 aromatic carbocycles. The minimum absolute atomic E-state index is 0.419. The molecule has 0 saturated heterocycles. The second-order valence-electron chi connectivity index (χ2n) is 5.33. The molecule has 25 heavy (non-hydrogen) atoms. The lowest BCUT2D eigenvalue weighted by molar-refractivity contribution is 0.654. The standard InChI is InChI=1S/C16H16Cl2N6S/c1-2-23-8-11(6-19-23)9-24-10-13(7-20-24)21-16(25)22-15-4-3-12(17)5-14(15)18/h3-8,10H,2,9H2,1H3,(H2,21,22,25). The van der Waals surface area contributed by atoms with Crippen molar-refractivity contribution in [2.45, 2.75) is 20.0 Å². The summed E-state index contributed by atoms with van der Waals surface area (Å²) in [5.41, 5.74) is 2.55. The predicted octanol–water partition coefficient (Wildman–Crippen LogP) is 4.26. The van der Waals surface area contributed by atoms with E-state index in [1.807, 2.05) is 34.9 Å². The van der Waals surface area contributed by atoms with E-state index in [2.05, 4.69) is 20.8 Å². The highest BCUT2D eigenvalue weighted by Crippen LogP contribution is 2.25. The summed E-state index contributed by atoms with van der Waals surface area (Å²) in [6, 6.07) is 5.17. The van der Waals surface area contributed by atoms with Crippen LogP contribution in [-0.2, 0) is 13.1 Å². The fourth-order valence-corrected chi connectivity index (χ4v) is 2.92. The van der Waals surface area contributed by atoms with Crippen LogP contribution in [0.15, 0.2) is 43.0 Å². The lowest BCUT2D eigenvalue weighted by atomic mass is 10.3. The summed E-state index contributed by atoms with van der Waals surface area (Å²) in [5.74, 6) is 0. The minimum Gasteiger partial charge on any atom is -0.331 e. The second-order valence-corrected chi connectivity index (χ2v) is 6.59. The van der Waals surface area contributed by atoms with E-state index in [1.54, 1.807) is 24.4 Å². The molecule has 0 unspecified atom stereocenters. The van der Waals surface area contributed by atoms with Gasteiger partial charge in [-0.2, -0.15) is 10.2 Å². The molecular weight excluding hydrogens is 379 g/mol. The number of aromatic nitrogens is 4. The SMILES string of the molecule is CCn1cc(Cn2cc(NC(=S)Nc3ccc(Cl)cc3Cl)cn2)cn1. The molecule has 3 aromatic rings. The quantitative estimate of drug-likeness (QED) is 0.632. The molecule has 2 aromatic heterocycles. The maximum absolute atomic E-state index is 6.13. The van der Waals surface area contributed by atoms with Gasteiger partial charge in [-0.15, -0.1) is 0 Å². The van der Waals surface area contributed by atoms with Gasteiger partial charge in [0.05, 0.1) is 35.3 Å². The smallest absolute Gasteiger partial charge is 0.175 e. The maximum Gasteiger partial charge on any atom is 0.175 e. The van der Waals surface area contributed by atoms with Crippen molar-refractivity contribution in [3.8, 4) is 0 Å². The van der Waals surface area contributed by atoms with Gasteiger partial charge in [0.15, 0.2) is 5.11 Å². The van der Waals surface area contributed by atoms with E-state index < -0.39 is 0 Å². The van der Waals surface area contributed by atoms with E-state index in [4.69, 9.17) is 35.4 Å². The van der Waals surface area contributed by atoms with Crippen molar-refractivity contribution in [3.63, 3.8) is 0 Å². The van der Waals surface area contributed by atoms with Crippen LogP contribution in [0.25, 0.3) is 0 Å². The Hall–Kier alpha value is -2.09. The third kappa shape index (κ3) is 4.72. The van der Waals surface area contributed by atoms with Crippen LogP contribution in [0.1, 0.15) is 12.5 Å². The van der Waals surface area contributed by atoms with Gasteiger partial charge < -0.3 is 10.6 Å². The molecule has 0 aliphatic rings. The molecule has 9 heteroatoms. The average molecular weight is 395 g/mol. The number of rotatable bonds is 5. The molecule has 0 amide bonds. The Morgan fingerprint density at radius 2 is 1.92 bits per heavy atom. The van der Waals surface area contributed by atoms with Crippen molar-refractivity contribution in [2.24, 2.45) is 0 Å². The number of halogens is 2. The van der Waals surface area contributed by atoms with Gasteiger partial charge in [-0.05, 0) is 37.3 Å². The van der Waals surface area contributed by atoms with E-state index in [0.29, 0.717) is 27.4 Å². The van der Waals surface area contributed by atoms with Crippen LogP contribution in [0.5, 0.6) is 0 Å². The fraction of sp³-hybridized carbons (Fsp3) is 0.188. The van der Waals surface area contributed by atoms with Crippen molar-refractivity contribution in [3.05, 3.63) is 58.6 Å². The third-order valence-corrected chi connectivity index (χ3v) is 4.18. The number of nitrogens with one attached hydrogen (secondary N) is 2. The Morgan fingerprint density at radius 3 is 2.64 bits per heavy atom. The molecule has 2 N–H and O–H groups in total. The first-order valence-electron chi connectivity index (χ1n) is 7.60. The largest absolute Gasteiger partial charge is 0.331 e. The van der Waals surface area contributed by atoms with Crippen molar-refractivity contribution in [1.29, 1.82) is 0 Å². The predicted molar refractivity (Wildman–Crippen MR) is 106 cm³/mol. The van der Waals surface area contributed by atoms with Crippen molar-refractivity contribution >= 4 is 51.9 Å². The van der Waals surface area contributed by atoms with Crippen LogP contribution in [0.4, 0.5) is 11.4 Å². The number of anilines is 2. The van der Waals surface area contributed by atoms with Crippen molar-refractivity contribution < 1.29 is 0 Å². The lowest BCUT2D eigenvalue weighted by Crippen LogP contribution is -2.19. The Labute approximate surface area is 160 Å². The Kier molecular flexibility index (Phi) is 5.57. The van der Waals surface area contributed by atoms with Gasteiger partial charge >= 0.3 is 0 Å². The number of aryl methyl sites for hydroxylation is 1. The van der Waals surface area contributed by atoms with Crippen LogP contribution >= 0.6 is 35.4 Å². The molecule has 6 nitrogen and oxygen atoms in total. The maximum atomic E-state index is 6.13. The Bertz CT molecular complexity index is 888. The molecule has 0 spiro atoms. The monoisotopic (exact) mass is 394 g/mol. The van der Waals surface area contributed by atoms with E-state index in [-0.39, 0.29) is 0 Å². The first-order chi connectivity index (χ1) is 12.0. The highest BCUT2D eigenvalue weighted by Gasteiger charge is 2.06. The number of thiocarbonyl (C=S) groups is 1. The summed E-state index contributed by atoms with van der Waals surface area (Å²) in [7, 11) is 0. The van der Waals surface area contributed by atoms with E-state index in [9.17, 15) is 0 Å². The Morgan fingerprint density at radius 1 is 1.12 bits per heavy atom. The van der Waals surface area contributed by atoms with Crippen LogP contribution in [0.2, 0.25) is 10.0 Å². The van der Waals surface area contributed by atoms with Gasteiger partial charge in [0.2, 0.25) is 0 Å². The first kappa shape index (κ1) is 17.7. The number of hydrogen-bond donors (Lipinski definition) is 2. The van der Waals surface area contributed by atoms with Crippen molar-refractivity contribution in [1.82, 2.24) is 19.6 Å². The summed E-state index contributed by atoms with van der Waals surface area (Å²) in [6.45, 7) is 3.54. The molecule has 0 fully saturated rings. The van der Waals surface area contributed by atoms with Crippen LogP contribution in [0.3, 0.4) is 0 Å². The number of benzene rings is 1. The number of nitrogens with zero attached hydrogens (tertiary/aromatic N) is 4. The van der Waals surface area contributed by atoms with Crippen LogP contribution in [-0.4, -0.2) is 24.7 Å². The van der Waals surface area contributed by atoms with Gasteiger partial charge in [0, 0.05) is 29.5 Å². The fourth-order valence-electron chi connectivity index (χ4n) is 2.24. The molecule has 0 aliphatic carbocycles. The minimum atomic E-state index is 0.419. The molecule has 0 saturated carbocycles. The molecular formula is C16H16Cl2N6S. The van der Waals surface area contributed by atoms with E-state index >= 15 is 0 Å². The van der Waals surface area contributed by atoms with Crippen LogP contribution < -0.4 is 10.6 Å². The summed E-state index contributed by atoms with van der Waals surface area (Å²) in [4.78, 5) is 0. The zero-order valence-corrected chi connectivity index (χ0v) is 15.7. The first-order valence-corrected chi connectivity index (χ1v) is 8.76. The number of hydrogen-bond acceptors (Lipinski definition) is 3. The van der Waals surface area contributed by atoms with E-state index in [1.165, 1.54) is 0 Å². The molecule has 0 radical (unpaired) electrons. The average Bonchev–Trinajstić information content (AvgIpc) is 3.20. The van der Waals surface area contributed by atoms with Gasteiger partial charge in [-0.25, -0.2) is 0 Å². The zero-order chi connectivity index (χ0) is 17.8. The summed E-state index contributed by atoms with van der Waals surface area (Å²) in [5, 5.41) is 16.2. The molecule has 0 bridgehead atoms. The molecule has 0 aliphatic heterocycles. The topological polar surface area (TPSA) is 59.7 Å². The summed E-state index contributed by atoms with van der Waals surface area (Å²) >= 11 is 17.3. The summed E-state index contributed by atoms with van der Waals surface area (Å²) in [6.07, 6.45) is 7.43. The normalized spacial score (nSPS) is 10.7. The lowest BCUT2D eigenvalue weighted by Gasteiger charge is -2.10. The van der Waals surface area contributed by atoms with Crippen molar-refractivity contribution in [2.75, 3.05) is 10.6 Å². The third-order valence-electron chi connectivity index (χ3n) is 3.43. The molecule has 2 heterocycles. The summed E-state index contributed by atoms with van der Waals surface area (Å²) < 4.78 is 3.70. The molecule has 3 rings (SSSR count).